The molecule has 0 aliphatic carbocycles. The van der Waals surface area contributed by atoms with Crippen LogP contribution < -0.4 is 0 Å². The van der Waals surface area contributed by atoms with Crippen LogP contribution >= 0.6 is 0 Å². The van der Waals surface area contributed by atoms with Crippen LogP contribution in [-0.4, -0.2) is 36.9 Å². The quantitative estimate of drug-likeness (QED) is 0.0964. The lowest BCUT2D eigenvalue weighted by atomic mass is 10.0. The first-order valence-electron chi connectivity index (χ1n) is 11.1. The number of rotatable bonds is 22. The van der Waals surface area contributed by atoms with E-state index in [9.17, 15) is 0 Å². The Kier molecular flexibility index (Phi) is 22.7. The molecule has 0 fully saturated rings. The van der Waals surface area contributed by atoms with Crippen LogP contribution in [-0.2, 0) is 13.9 Å². The molecule has 0 rings (SSSR count). The minimum atomic E-state index is -0.379. The van der Waals surface area contributed by atoms with Crippen molar-refractivity contribution in [2.45, 2.75) is 109 Å². The second-order valence-corrected chi connectivity index (χ2v) is 8.88. The van der Waals surface area contributed by atoms with Gasteiger partial charge in [-0.15, -0.1) is 6.58 Å². The van der Waals surface area contributed by atoms with Crippen LogP contribution in [0.2, 0.25) is 6.04 Å². The largest absolute Gasteiger partial charge is 0.419 e. The molecule has 0 amide bonds. The molecular weight excluding hydrogens is 340 g/mol. The molecule has 4 heteroatoms. The van der Waals surface area contributed by atoms with E-state index in [4.69, 9.17) is 13.9 Å². The lowest BCUT2D eigenvalue weighted by Gasteiger charge is -2.13. The van der Waals surface area contributed by atoms with Gasteiger partial charge in [-0.2, -0.15) is 0 Å². The molecule has 0 spiro atoms. The van der Waals surface area contributed by atoms with Gasteiger partial charge in [0.25, 0.3) is 0 Å². The molecule has 0 aromatic rings. The molecule has 3 nitrogen and oxygen atoms in total. The van der Waals surface area contributed by atoms with Gasteiger partial charge in [0.2, 0.25) is 0 Å². The summed E-state index contributed by atoms with van der Waals surface area (Å²) in [5, 5.41) is 0. The van der Waals surface area contributed by atoms with Gasteiger partial charge in [0.15, 0.2) is 16.1 Å². The highest BCUT2D eigenvalue weighted by atomic mass is 28.2. The molecule has 0 N–H and O–H groups in total. The molecule has 0 saturated carbocycles. The summed E-state index contributed by atoms with van der Waals surface area (Å²) >= 11 is 0. The molecule has 0 aromatic carbocycles. The van der Waals surface area contributed by atoms with E-state index in [0.29, 0.717) is 6.61 Å². The van der Waals surface area contributed by atoms with Crippen LogP contribution in [0.5, 0.6) is 0 Å². The Bertz CT molecular complexity index is 270. The van der Waals surface area contributed by atoms with Crippen molar-refractivity contribution >= 4 is 9.76 Å². The summed E-state index contributed by atoms with van der Waals surface area (Å²) in [6.45, 7) is 4.37. The van der Waals surface area contributed by atoms with E-state index >= 15 is 0 Å². The van der Waals surface area contributed by atoms with Crippen LogP contribution in [0.3, 0.4) is 0 Å². The third kappa shape index (κ3) is 20.2. The molecule has 0 heterocycles. The normalized spacial score (nSPS) is 11.8. The summed E-state index contributed by atoms with van der Waals surface area (Å²) < 4.78 is 15.9. The van der Waals surface area contributed by atoms with Gasteiger partial charge in [-0.1, -0.05) is 89.5 Å². The van der Waals surface area contributed by atoms with Gasteiger partial charge >= 0.3 is 0 Å². The fraction of sp³-hybridized carbons (Fsp3) is 0.909. The van der Waals surface area contributed by atoms with E-state index in [1.54, 1.807) is 14.2 Å². The second-order valence-electron chi connectivity index (χ2n) is 7.36. The number of methoxy groups -OCH3 is 2. The third-order valence-electron chi connectivity index (χ3n) is 4.98. The van der Waals surface area contributed by atoms with Gasteiger partial charge in [0.05, 0.1) is 6.61 Å². The summed E-state index contributed by atoms with van der Waals surface area (Å²) in [5.41, 5.74) is 0. The first kappa shape index (κ1) is 25.8. The Morgan fingerprint density at radius 1 is 0.692 bits per heavy atom. The van der Waals surface area contributed by atoms with Crippen molar-refractivity contribution in [3.8, 4) is 0 Å². The van der Waals surface area contributed by atoms with Crippen molar-refractivity contribution in [2.75, 3.05) is 20.8 Å². The van der Waals surface area contributed by atoms with Crippen molar-refractivity contribution in [1.29, 1.82) is 0 Å². The predicted molar refractivity (Wildman–Crippen MR) is 117 cm³/mol. The third-order valence-corrected chi connectivity index (χ3v) is 6.29. The molecule has 0 saturated heterocycles. The molecule has 0 atom stereocenters. The summed E-state index contributed by atoms with van der Waals surface area (Å²) in [6.07, 6.45) is 22.8. The average Bonchev–Trinajstić information content (AvgIpc) is 2.66. The first-order valence-corrected chi connectivity index (χ1v) is 12.7. The Morgan fingerprint density at radius 3 is 1.54 bits per heavy atom. The summed E-state index contributed by atoms with van der Waals surface area (Å²) in [4.78, 5) is 0. The lowest BCUT2D eigenvalue weighted by Crippen LogP contribution is -2.21. The molecule has 0 unspecified atom stereocenters. The fourth-order valence-corrected chi connectivity index (χ4v) is 4.32. The van der Waals surface area contributed by atoms with Crippen LogP contribution in [0.25, 0.3) is 0 Å². The summed E-state index contributed by atoms with van der Waals surface area (Å²) in [6, 6.07) is 1.29. The van der Waals surface area contributed by atoms with Crippen LogP contribution in [0.1, 0.15) is 96.3 Å². The van der Waals surface area contributed by atoms with Gasteiger partial charge in [-0.3, -0.25) is 0 Å². The number of ether oxygens (including phenoxy) is 2. The van der Waals surface area contributed by atoms with Crippen molar-refractivity contribution in [3.63, 3.8) is 0 Å². The van der Waals surface area contributed by atoms with Gasteiger partial charge in [-0.05, 0) is 18.9 Å². The first-order chi connectivity index (χ1) is 12.8. The highest BCUT2D eigenvalue weighted by molar-refractivity contribution is 6.26. The van der Waals surface area contributed by atoms with E-state index in [1.165, 1.54) is 102 Å². The van der Waals surface area contributed by atoms with Crippen molar-refractivity contribution in [1.82, 2.24) is 0 Å². The van der Waals surface area contributed by atoms with E-state index in [-0.39, 0.29) is 16.1 Å². The zero-order valence-electron chi connectivity index (χ0n) is 17.8. The molecule has 26 heavy (non-hydrogen) atoms. The molecule has 0 radical (unpaired) electrons. The molecule has 0 aromatic heterocycles. The Balaban J connectivity index is 3.04. The number of allylic oxidation sites excluding steroid dienone is 1. The average molecular weight is 387 g/mol. The van der Waals surface area contributed by atoms with Gasteiger partial charge in [0.1, 0.15) is 0 Å². The van der Waals surface area contributed by atoms with Crippen LogP contribution in [0.15, 0.2) is 12.7 Å². The number of hydrogen-bond acceptors (Lipinski definition) is 3. The lowest BCUT2D eigenvalue weighted by molar-refractivity contribution is -0.121. The minimum Gasteiger partial charge on any atom is -0.419 e. The number of hydrogen-bond donors (Lipinski definition) is 0. The van der Waals surface area contributed by atoms with Crippen molar-refractivity contribution in [2.24, 2.45) is 0 Å². The monoisotopic (exact) mass is 386 g/mol. The predicted octanol–water partition coefficient (Wildman–Crippen LogP) is 6.16. The second kappa shape index (κ2) is 22.9. The van der Waals surface area contributed by atoms with Gasteiger partial charge in [-0.25, -0.2) is 0 Å². The Labute approximate surface area is 166 Å². The highest BCUT2D eigenvalue weighted by Crippen LogP contribution is 2.13. The highest BCUT2D eigenvalue weighted by Gasteiger charge is 2.03. The Hall–Kier alpha value is -0.163. The fourth-order valence-electron chi connectivity index (χ4n) is 3.20. The van der Waals surface area contributed by atoms with E-state index in [2.05, 4.69) is 6.58 Å². The van der Waals surface area contributed by atoms with E-state index < -0.39 is 0 Å². The van der Waals surface area contributed by atoms with Gasteiger partial charge in [0, 0.05) is 14.2 Å². The zero-order chi connectivity index (χ0) is 19.1. The van der Waals surface area contributed by atoms with Crippen molar-refractivity contribution < 1.29 is 13.9 Å². The smallest absolute Gasteiger partial charge is 0.178 e. The molecule has 0 aliphatic heterocycles. The van der Waals surface area contributed by atoms with Crippen LogP contribution in [0.4, 0.5) is 0 Å². The Morgan fingerprint density at radius 2 is 1.12 bits per heavy atom. The van der Waals surface area contributed by atoms with Crippen molar-refractivity contribution in [3.05, 3.63) is 12.7 Å². The van der Waals surface area contributed by atoms with E-state index in [0.717, 1.165) is 0 Å². The topological polar surface area (TPSA) is 27.7 Å². The maximum Gasteiger partial charge on any atom is 0.178 e. The minimum absolute atomic E-state index is 0.190. The summed E-state index contributed by atoms with van der Waals surface area (Å²) in [5.74, 6) is 0. The van der Waals surface area contributed by atoms with E-state index in [1.807, 2.05) is 6.08 Å². The van der Waals surface area contributed by atoms with Crippen LogP contribution in [0, 0.1) is 0 Å². The summed E-state index contributed by atoms with van der Waals surface area (Å²) in [7, 11) is 2.94. The molecular formula is C22H46O3Si. The maximum absolute atomic E-state index is 5.69. The number of unbranched alkanes of at least 4 members (excludes halogenated alkanes) is 14. The molecule has 156 valence electrons. The zero-order valence-corrected chi connectivity index (χ0v) is 19.2. The molecule has 0 aliphatic rings. The molecule has 0 bridgehead atoms. The van der Waals surface area contributed by atoms with Gasteiger partial charge < -0.3 is 13.9 Å². The standard InChI is InChI=1S/C22H46O3Si/c1-4-5-6-7-8-9-10-11-12-13-14-15-16-17-18-19-20-26-25-21-22(23-2)24-3/h4,22H,1,5-21,26H2,2-3H3. The SMILES string of the molecule is C=CCCCCCCCCCCCCCCCC[SiH2]OCC(OC)OC. The maximum atomic E-state index is 5.69.